The Balaban J connectivity index is 2.46. The smallest absolute Gasteiger partial charge is 0.335 e. The average Bonchev–Trinajstić information content (AvgIpc) is 2.52. The maximum absolute atomic E-state index is 14.3. The minimum Gasteiger partial charge on any atom is -0.501 e. The van der Waals surface area contributed by atoms with Crippen LogP contribution in [0.1, 0.15) is 24.2 Å². The normalized spacial score (nSPS) is 10.4. The molecule has 5 nitrogen and oxygen atoms in total. The summed E-state index contributed by atoms with van der Waals surface area (Å²) in [5.41, 5.74) is 0.681. The molecule has 6 heteroatoms. The standard InChI is InChI=1S/C17H15FN2O3/c1-10(2)9-23-16-13(18)6-12(8-15(16)19-3)14-7-11(17(21)22)4-5-20-14/h4-8,10H,9H2,1-2H3,(H,21,22). The van der Waals surface area contributed by atoms with Crippen molar-refractivity contribution >= 4 is 11.7 Å². The number of benzene rings is 1. The zero-order chi connectivity index (χ0) is 17.0. The molecule has 0 fully saturated rings. The summed E-state index contributed by atoms with van der Waals surface area (Å²) in [6, 6.07) is 5.32. The van der Waals surface area contributed by atoms with Crippen LogP contribution in [0.15, 0.2) is 30.5 Å². The lowest BCUT2D eigenvalue weighted by molar-refractivity contribution is 0.0697. The Kier molecular flexibility index (Phi) is 4.91. The van der Waals surface area contributed by atoms with E-state index < -0.39 is 11.8 Å². The number of aromatic carboxylic acids is 1. The van der Waals surface area contributed by atoms with Gasteiger partial charge in [-0.25, -0.2) is 14.0 Å². The molecule has 1 aromatic carbocycles. The molecule has 0 unspecified atom stereocenters. The van der Waals surface area contributed by atoms with Gasteiger partial charge in [0, 0.05) is 6.20 Å². The Hall–Kier alpha value is -2.94. The van der Waals surface area contributed by atoms with Crippen LogP contribution in [0.3, 0.4) is 0 Å². The summed E-state index contributed by atoms with van der Waals surface area (Å²) in [7, 11) is 0. The first kappa shape index (κ1) is 16.4. The van der Waals surface area contributed by atoms with E-state index in [9.17, 15) is 9.18 Å². The van der Waals surface area contributed by atoms with Crippen LogP contribution in [0.25, 0.3) is 16.1 Å². The summed E-state index contributed by atoms with van der Waals surface area (Å²) in [6.45, 7) is 11.3. The van der Waals surface area contributed by atoms with Crippen molar-refractivity contribution in [1.29, 1.82) is 0 Å². The van der Waals surface area contributed by atoms with Gasteiger partial charge in [0.05, 0.1) is 24.4 Å². The van der Waals surface area contributed by atoms with Crippen molar-refractivity contribution in [3.8, 4) is 17.0 Å². The summed E-state index contributed by atoms with van der Waals surface area (Å²) in [6.07, 6.45) is 1.33. The van der Waals surface area contributed by atoms with Crippen LogP contribution in [0, 0.1) is 18.3 Å². The number of rotatable bonds is 5. The van der Waals surface area contributed by atoms with Crippen LogP contribution >= 0.6 is 0 Å². The molecule has 2 rings (SSSR count). The van der Waals surface area contributed by atoms with Crippen LogP contribution in [-0.2, 0) is 0 Å². The lowest BCUT2D eigenvalue weighted by Crippen LogP contribution is -2.06. The van der Waals surface area contributed by atoms with E-state index in [0.29, 0.717) is 12.2 Å². The fraction of sp³-hybridized carbons (Fsp3) is 0.235. The van der Waals surface area contributed by atoms with E-state index in [1.54, 1.807) is 0 Å². The Bertz CT molecular complexity index is 782. The summed E-state index contributed by atoms with van der Waals surface area (Å²) in [5, 5.41) is 9.01. The fourth-order valence-corrected chi connectivity index (χ4v) is 1.92. The van der Waals surface area contributed by atoms with E-state index in [1.165, 1.54) is 30.5 Å². The molecule has 0 aliphatic heterocycles. The third kappa shape index (κ3) is 3.83. The molecule has 0 saturated carbocycles. The van der Waals surface area contributed by atoms with Crippen LogP contribution < -0.4 is 4.74 Å². The second kappa shape index (κ2) is 6.88. The number of carbonyl (C=O) groups is 1. The van der Waals surface area contributed by atoms with Gasteiger partial charge in [-0.2, -0.15) is 0 Å². The van der Waals surface area contributed by atoms with Crippen molar-refractivity contribution in [3.63, 3.8) is 0 Å². The van der Waals surface area contributed by atoms with E-state index in [2.05, 4.69) is 9.83 Å². The van der Waals surface area contributed by atoms with Gasteiger partial charge in [0.1, 0.15) is 0 Å². The van der Waals surface area contributed by atoms with E-state index in [-0.39, 0.29) is 28.6 Å². The molecule has 0 saturated heterocycles. The predicted octanol–water partition coefficient (Wildman–Crippen LogP) is 4.17. The molecule has 0 bridgehead atoms. The second-order valence-electron chi connectivity index (χ2n) is 5.36. The second-order valence-corrected chi connectivity index (χ2v) is 5.36. The van der Waals surface area contributed by atoms with Crippen LogP contribution in [0.4, 0.5) is 10.1 Å². The number of carboxylic acid groups (broad SMARTS) is 1. The number of hydrogen-bond acceptors (Lipinski definition) is 3. The number of aromatic nitrogens is 1. The number of pyridine rings is 1. The Labute approximate surface area is 133 Å². The number of carboxylic acids is 1. The van der Waals surface area contributed by atoms with Crippen molar-refractivity contribution < 1.29 is 19.0 Å². The van der Waals surface area contributed by atoms with Crippen molar-refractivity contribution in [3.05, 3.63) is 53.3 Å². The summed E-state index contributed by atoms with van der Waals surface area (Å²) < 4.78 is 19.7. The summed E-state index contributed by atoms with van der Waals surface area (Å²) in [4.78, 5) is 18.3. The van der Waals surface area contributed by atoms with Crippen molar-refractivity contribution in [2.75, 3.05) is 6.61 Å². The molecule has 1 aromatic heterocycles. The largest absolute Gasteiger partial charge is 0.501 e. The highest BCUT2D eigenvalue weighted by molar-refractivity contribution is 5.89. The molecule has 0 amide bonds. The van der Waals surface area contributed by atoms with Gasteiger partial charge >= 0.3 is 5.97 Å². The zero-order valence-electron chi connectivity index (χ0n) is 12.7. The maximum Gasteiger partial charge on any atom is 0.335 e. The summed E-state index contributed by atoms with van der Waals surface area (Å²) in [5.74, 6) is -1.67. The quantitative estimate of drug-likeness (QED) is 0.841. The highest BCUT2D eigenvalue weighted by Crippen LogP contribution is 2.35. The molecular weight excluding hydrogens is 299 g/mol. The van der Waals surface area contributed by atoms with Crippen LogP contribution in [-0.4, -0.2) is 22.7 Å². The van der Waals surface area contributed by atoms with Gasteiger partial charge in [-0.1, -0.05) is 13.8 Å². The molecule has 0 spiro atoms. The number of halogens is 1. The lowest BCUT2D eigenvalue weighted by atomic mass is 10.1. The van der Waals surface area contributed by atoms with Gasteiger partial charge < -0.3 is 9.84 Å². The minimum absolute atomic E-state index is 0.0307. The number of nitrogens with zero attached hydrogens (tertiary/aromatic N) is 2. The highest BCUT2D eigenvalue weighted by Gasteiger charge is 2.15. The Morgan fingerprint density at radius 1 is 1.43 bits per heavy atom. The lowest BCUT2D eigenvalue weighted by Gasteiger charge is -2.12. The van der Waals surface area contributed by atoms with Gasteiger partial charge in [0.2, 0.25) is 5.69 Å². The van der Waals surface area contributed by atoms with Gasteiger partial charge in [0.15, 0.2) is 11.6 Å². The first-order valence-corrected chi connectivity index (χ1v) is 6.96. The SMILES string of the molecule is [C-]#[N+]c1cc(-c2cc(C(=O)O)ccn2)cc(F)c1OCC(C)C. The molecule has 0 atom stereocenters. The van der Waals surface area contributed by atoms with Crippen LogP contribution in [0.5, 0.6) is 5.75 Å². The van der Waals surface area contributed by atoms with E-state index in [0.717, 1.165) is 0 Å². The molecule has 2 aromatic rings. The van der Waals surface area contributed by atoms with Gasteiger partial charge in [0.25, 0.3) is 0 Å². The van der Waals surface area contributed by atoms with Gasteiger partial charge in [-0.15, -0.1) is 0 Å². The maximum atomic E-state index is 14.3. The van der Waals surface area contributed by atoms with Crippen molar-refractivity contribution in [2.45, 2.75) is 13.8 Å². The molecule has 1 heterocycles. The van der Waals surface area contributed by atoms with E-state index >= 15 is 0 Å². The molecule has 23 heavy (non-hydrogen) atoms. The third-order valence-corrected chi connectivity index (χ3v) is 3.01. The zero-order valence-corrected chi connectivity index (χ0v) is 12.7. The molecule has 0 aliphatic rings. The predicted molar refractivity (Wildman–Crippen MR) is 83.2 cm³/mol. The average molecular weight is 314 g/mol. The first-order valence-electron chi connectivity index (χ1n) is 6.96. The number of ether oxygens (including phenoxy) is 1. The molecule has 0 radical (unpaired) electrons. The first-order chi connectivity index (χ1) is 10.9. The van der Waals surface area contributed by atoms with E-state index in [4.69, 9.17) is 16.4 Å². The molecule has 1 N–H and O–H groups in total. The minimum atomic E-state index is -1.10. The third-order valence-electron chi connectivity index (χ3n) is 3.01. The van der Waals surface area contributed by atoms with Crippen LogP contribution in [0.2, 0.25) is 0 Å². The Morgan fingerprint density at radius 3 is 2.78 bits per heavy atom. The molecule has 118 valence electrons. The molecule has 0 aliphatic carbocycles. The van der Waals surface area contributed by atoms with Crippen molar-refractivity contribution in [1.82, 2.24) is 4.98 Å². The van der Waals surface area contributed by atoms with E-state index in [1.807, 2.05) is 13.8 Å². The van der Waals surface area contributed by atoms with Gasteiger partial charge in [-0.05, 0) is 35.7 Å². The monoisotopic (exact) mass is 314 g/mol. The molecular formula is C17H15FN2O3. The van der Waals surface area contributed by atoms with Crippen molar-refractivity contribution in [2.24, 2.45) is 5.92 Å². The summed E-state index contributed by atoms with van der Waals surface area (Å²) >= 11 is 0. The highest BCUT2D eigenvalue weighted by atomic mass is 19.1. The fourth-order valence-electron chi connectivity index (χ4n) is 1.92. The van der Waals surface area contributed by atoms with Gasteiger partial charge in [-0.3, -0.25) is 4.98 Å². The Morgan fingerprint density at radius 2 is 2.17 bits per heavy atom. The number of hydrogen-bond donors (Lipinski definition) is 1. The topological polar surface area (TPSA) is 63.8 Å².